The highest BCUT2D eigenvalue weighted by atomic mass is 32.1. The second-order valence-corrected chi connectivity index (χ2v) is 6.47. The number of nitrogens with one attached hydrogen (secondary N) is 1. The van der Waals surface area contributed by atoms with Crippen LogP contribution >= 0.6 is 11.3 Å². The van der Waals surface area contributed by atoms with E-state index in [1.807, 2.05) is 23.9 Å². The van der Waals surface area contributed by atoms with Crippen molar-refractivity contribution in [2.24, 2.45) is 7.05 Å². The van der Waals surface area contributed by atoms with Gasteiger partial charge in [0, 0.05) is 29.7 Å². The lowest BCUT2D eigenvalue weighted by Gasteiger charge is -2.03. The van der Waals surface area contributed by atoms with Gasteiger partial charge in [-0.15, -0.1) is 11.3 Å². The Hall–Kier alpha value is -2.33. The van der Waals surface area contributed by atoms with Crippen molar-refractivity contribution in [3.05, 3.63) is 58.7 Å². The van der Waals surface area contributed by atoms with Crippen molar-refractivity contribution in [2.75, 3.05) is 0 Å². The van der Waals surface area contributed by atoms with Crippen molar-refractivity contribution < 1.29 is 4.79 Å². The smallest absolute Gasteiger partial charge is 0.211 e. The number of benzene rings is 1. The van der Waals surface area contributed by atoms with Crippen LogP contribution in [0, 0.1) is 0 Å². The summed E-state index contributed by atoms with van der Waals surface area (Å²) in [5.74, 6) is 0.0744. The Morgan fingerprint density at radius 3 is 2.91 bits per heavy atom. The van der Waals surface area contributed by atoms with Gasteiger partial charge in [-0.05, 0) is 41.6 Å². The molecule has 0 saturated heterocycles. The lowest BCUT2D eigenvalue weighted by molar-refractivity contribution is 0.103. The Bertz CT molecular complexity index is 1000. The highest BCUT2D eigenvalue weighted by molar-refractivity contribution is 7.17. The molecule has 0 atom stereocenters. The highest BCUT2D eigenvalue weighted by Crippen LogP contribution is 2.28. The number of nitrogens with zero attached hydrogens (tertiary/aromatic N) is 1. The molecule has 4 aromatic rings. The van der Waals surface area contributed by atoms with Crippen LogP contribution in [0.4, 0.5) is 0 Å². The number of carbonyl (C=O) groups is 1. The Labute approximate surface area is 132 Å². The SMILES string of the molecule is CCc1ccc2[nH]cc(C(=O)c3cc4sccc4n3C)c2c1. The van der Waals surface area contributed by atoms with Crippen LogP contribution in [-0.4, -0.2) is 15.3 Å². The molecule has 1 aromatic carbocycles. The number of aromatic nitrogens is 2. The second kappa shape index (κ2) is 4.85. The number of aryl methyl sites for hydroxylation is 2. The second-order valence-electron chi connectivity index (χ2n) is 5.52. The van der Waals surface area contributed by atoms with E-state index in [9.17, 15) is 4.79 Å². The summed E-state index contributed by atoms with van der Waals surface area (Å²) in [4.78, 5) is 16.2. The number of rotatable bonds is 3. The number of H-pyrrole nitrogens is 1. The molecule has 0 unspecified atom stereocenters. The number of fused-ring (bicyclic) bond motifs is 2. The fourth-order valence-corrected chi connectivity index (χ4v) is 3.83. The molecular formula is C18H16N2OS. The number of aromatic amines is 1. The summed E-state index contributed by atoms with van der Waals surface area (Å²) in [6, 6.07) is 10.3. The zero-order valence-corrected chi connectivity index (χ0v) is 13.3. The predicted molar refractivity (Wildman–Crippen MR) is 91.9 cm³/mol. The average molecular weight is 308 g/mol. The van der Waals surface area contributed by atoms with E-state index in [-0.39, 0.29) is 5.78 Å². The summed E-state index contributed by atoms with van der Waals surface area (Å²) in [7, 11) is 1.95. The molecule has 0 fully saturated rings. The first kappa shape index (κ1) is 13.3. The highest BCUT2D eigenvalue weighted by Gasteiger charge is 2.19. The van der Waals surface area contributed by atoms with Gasteiger partial charge in [0.15, 0.2) is 0 Å². The lowest BCUT2D eigenvalue weighted by atomic mass is 10.0. The van der Waals surface area contributed by atoms with Crippen LogP contribution in [0.15, 0.2) is 41.9 Å². The molecule has 110 valence electrons. The minimum absolute atomic E-state index is 0.0744. The number of thiophene rings is 1. The molecule has 4 heteroatoms. The molecule has 3 aromatic heterocycles. The Morgan fingerprint density at radius 1 is 1.27 bits per heavy atom. The molecule has 0 aliphatic heterocycles. The van der Waals surface area contributed by atoms with E-state index in [0.29, 0.717) is 0 Å². The monoisotopic (exact) mass is 308 g/mol. The van der Waals surface area contributed by atoms with Gasteiger partial charge in [-0.1, -0.05) is 13.0 Å². The Balaban J connectivity index is 1.88. The molecule has 0 saturated carbocycles. The van der Waals surface area contributed by atoms with Crippen molar-refractivity contribution in [3.8, 4) is 0 Å². The number of ketones is 1. The normalized spacial score (nSPS) is 11.5. The quantitative estimate of drug-likeness (QED) is 0.555. The van der Waals surface area contributed by atoms with E-state index in [4.69, 9.17) is 0 Å². The number of carbonyl (C=O) groups excluding carboxylic acids is 1. The maximum atomic E-state index is 13.0. The minimum Gasteiger partial charge on any atom is -0.360 e. The summed E-state index contributed by atoms with van der Waals surface area (Å²) in [6.07, 6.45) is 2.79. The van der Waals surface area contributed by atoms with Crippen LogP contribution in [0.3, 0.4) is 0 Å². The van der Waals surface area contributed by atoms with Gasteiger partial charge >= 0.3 is 0 Å². The van der Waals surface area contributed by atoms with Crippen LogP contribution in [0.5, 0.6) is 0 Å². The molecular weight excluding hydrogens is 292 g/mol. The minimum atomic E-state index is 0.0744. The molecule has 3 nitrogen and oxygen atoms in total. The molecule has 4 rings (SSSR count). The van der Waals surface area contributed by atoms with Crippen molar-refractivity contribution >= 4 is 38.2 Å². The van der Waals surface area contributed by atoms with Gasteiger partial charge in [-0.2, -0.15) is 0 Å². The van der Waals surface area contributed by atoms with Gasteiger partial charge in [0.2, 0.25) is 5.78 Å². The summed E-state index contributed by atoms with van der Waals surface area (Å²) in [5, 5.41) is 3.06. The summed E-state index contributed by atoms with van der Waals surface area (Å²) >= 11 is 1.67. The standard InChI is InChI=1S/C18H16N2OS/c1-3-11-4-5-14-12(8-11)13(10-19-14)18(21)16-9-17-15(20(16)2)6-7-22-17/h4-10,19H,3H2,1-2H3. The van der Waals surface area contributed by atoms with Gasteiger partial charge in [0.05, 0.1) is 15.9 Å². The van der Waals surface area contributed by atoms with E-state index >= 15 is 0 Å². The molecule has 1 N–H and O–H groups in total. The number of hydrogen-bond acceptors (Lipinski definition) is 2. The van der Waals surface area contributed by atoms with E-state index in [2.05, 4.69) is 41.6 Å². The molecule has 0 radical (unpaired) electrons. The summed E-state index contributed by atoms with van der Waals surface area (Å²) in [5.41, 5.74) is 4.86. The third-order valence-corrected chi connectivity index (χ3v) is 5.15. The summed E-state index contributed by atoms with van der Waals surface area (Å²) in [6.45, 7) is 2.13. The van der Waals surface area contributed by atoms with Crippen molar-refractivity contribution in [1.29, 1.82) is 0 Å². The molecule has 0 aliphatic carbocycles. The van der Waals surface area contributed by atoms with E-state index in [1.54, 1.807) is 11.3 Å². The van der Waals surface area contributed by atoms with Crippen LogP contribution in [0.2, 0.25) is 0 Å². The van der Waals surface area contributed by atoms with Gasteiger partial charge in [-0.25, -0.2) is 0 Å². The fourth-order valence-electron chi connectivity index (χ4n) is 2.98. The molecule has 0 spiro atoms. The third-order valence-electron chi connectivity index (χ3n) is 4.30. The van der Waals surface area contributed by atoms with Gasteiger partial charge in [0.25, 0.3) is 0 Å². The largest absolute Gasteiger partial charge is 0.360 e. The van der Waals surface area contributed by atoms with Gasteiger partial charge in [0.1, 0.15) is 0 Å². The molecule has 3 heterocycles. The molecule has 0 amide bonds. The van der Waals surface area contributed by atoms with E-state index in [0.717, 1.165) is 38.8 Å². The van der Waals surface area contributed by atoms with Gasteiger partial charge in [-0.3, -0.25) is 4.79 Å². The van der Waals surface area contributed by atoms with Crippen molar-refractivity contribution in [2.45, 2.75) is 13.3 Å². The van der Waals surface area contributed by atoms with Crippen LogP contribution < -0.4 is 0 Å². The first-order valence-electron chi connectivity index (χ1n) is 7.36. The zero-order chi connectivity index (χ0) is 15.3. The molecule has 0 bridgehead atoms. The summed E-state index contributed by atoms with van der Waals surface area (Å²) < 4.78 is 3.14. The zero-order valence-electron chi connectivity index (χ0n) is 12.5. The van der Waals surface area contributed by atoms with E-state index in [1.165, 1.54) is 5.56 Å². The number of hydrogen-bond donors (Lipinski definition) is 1. The predicted octanol–water partition coefficient (Wildman–Crippen LogP) is 4.51. The Morgan fingerprint density at radius 2 is 2.14 bits per heavy atom. The van der Waals surface area contributed by atoms with Crippen molar-refractivity contribution in [1.82, 2.24) is 9.55 Å². The molecule has 0 aliphatic rings. The first-order valence-corrected chi connectivity index (χ1v) is 8.24. The molecule has 22 heavy (non-hydrogen) atoms. The third kappa shape index (κ3) is 1.84. The fraction of sp³-hybridized carbons (Fsp3) is 0.167. The topological polar surface area (TPSA) is 37.8 Å². The maximum absolute atomic E-state index is 13.0. The first-order chi connectivity index (χ1) is 10.7. The van der Waals surface area contributed by atoms with Gasteiger partial charge < -0.3 is 9.55 Å². The van der Waals surface area contributed by atoms with Crippen LogP contribution in [0.25, 0.3) is 21.1 Å². The Kier molecular flexibility index (Phi) is 2.94. The van der Waals surface area contributed by atoms with Crippen LogP contribution in [-0.2, 0) is 13.5 Å². The van der Waals surface area contributed by atoms with Crippen molar-refractivity contribution in [3.63, 3.8) is 0 Å². The lowest BCUT2D eigenvalue weighted by Crippen LogP contribution is -2.06. The average Bonchev–Trinajstić information content (AvgIpc) is 3.22. The van der Waals surface area contributed by atoms with Crippen LogP contribution in [0.1, 0.15) is 28.5 Å². The maximum Gasteiger partial charge on any atom is 0.211 e. The van der Waals surface area contributed by atoms with E-state index < -0.39 is 0 Å².